The largest absolute Gasteiger partial charge is 0.383 e. The number of amides is 1. The molecule has 0 aliphatic carbocycles. The van der Waals surface area contributed by atoms with E-state index in [9.17, 15) is 13.2 Å². The second-order valence-corrected chi connectivity index (χ2v) is 6.72. The molecule has 7 heteroatoms. The molecule has 0 aliphatic heterocycles. The van der Waals surface area contributed by atoms with E-state index in [1.54, 1.807) is 29.2 Å². The normalized spacial score (nSPS) is 12.7. The molecule has 0 heterocycles. The van der Waals surface area contributed by atoms with Crippen molar-refractivity contribution in [2.45, 2.75) is 32.9 Å². The van der Waals surface area contributed by atoms with Crippen LogP contribution in [0.15, 0.2) is 24.3 Å². The van der Waals surface area contributed by atoms with E-state index in [2.05, 4.69) is 0 Å². The molecule has 1 aromatic carbocycles. The van der Waals surface area contributed by atoms with Gasteiger partial charge in [0.1, 0.15) is 12.4 Å². The minimum Gasteiger partial charge on any atom is -0.383 e. The fraction of sp³-hybridized carbons (Fsp3) is 0.533. The molecule has 0 aliphatic rings. The Hall–Kier alpha value is -1.60. The number of hydrogen-bond acceptors (Lipinski definition) is 5. The zero-order valence-corrected chi connectivity index (χ0v) is 14.2. The van der Waals surface area contributed by atoms with Crippen molar-refractivity contribution in [2.75, 3.05) is 20.0 Å². The molecular weight excluding hydrogens is 306 g/mol. The lowest BCUT2D eigenvalue weighted by atomic mass is 10.1. The van der Waals surface area contributed by atoms with E-state index < -0.39 is 10.1 Å². The van der Waals surface area contributed by atoms with Gasteiger partial charge in [-0.15, -0.1) is 0 Å². The third-order valence-electron chi connectivity index (χ3n) is 3.23. The van der Waals surface area contributed by atoms with Crippen LogP contribution in [0.5, 0.6) is 5.75 Å². The first-order chi connectivity index (χ1) is 10.3. The molecule has 6 nitrogen and oxygen atoms in total. The van der Waals surface area contributed by atoms with Gasteiger partial charge in [-0.3, -0.25) is 4.79 Å². The molecule has 124 valence electrons. The van der Waals surface area contributed by atoms with E-state index >= 15 is 0 Å². The van der Waals surface area contributed by atoms with Crippen molar-refractivity contribution < 1.29 is 22.1 Å². The lowest BCUT2D eigenvalue weighted by Crippen LogP contribution is -2.39. The van der Waals surface area contributed by atoms with Crippen LogP contribution in [0.4, 0.5) is 0 Å². The lowest BCUT2D eigenvalue weighted by molar-refractivity contribution is -0.138. The molecule has 0 bridgehead atoms. The van der Waals surface area contributed by atoms with E-state index in [1.807, 2.05) is 13.8 Å². The summed E-state index contributed by atoms with van der Waals surface area (Å²) in [7, 11) is -2.04. The Kier molecular flexibility index (Phi) is 6.83. The van der Waals surface area contributed by atoms with Gasteiger partial charge in [0, 0.05) is 19.7 Å². The van der Waals surface area contributed by atoms with Gasteiger partial charge in [-0.1, -0.05) is 19.1 Å². The van der Waals surface area contributed by atoms with Crippen LogP contribution in [0.2, 0.25) is 0 Å². The third-order valence-corrected chi connectivity index (χ3v) is 3.73. The summed E-state index contributed by atoms with van der Waals surface area (Å²) in [4.78, 5) is 13.8. The molecule has 0 spiro atoms. The first-order valence-corrected chi connectivity index (χ1v) is 8.85. The minimum absolute atomic E-state index is 0.0413. The summed E-state index contributed by atoms with van der Waals surface area (Å²) in [6.45, 7) is 4.48. The molecule has 0 fully saturated rings. The molecule has 0 unspecified atom stereocenters. The average molecular weight is 329 g/mol. The summed E-state index contributed by atoms with van der Waals surface area (Å²) in [6, 6.07) is 6.73. The summed E-state index contributed by atoms with van der Waals surface area (Å²) in [5, 5.41) is 0. The molecule has 0 aromatic heterocycles. The zero-order chi connectivity index (χ0) is 16.8. The zero-order valence-electron chi connectivity index (χ0n) is 13.4. The van der Waals surface area contributed by atoms with Crippen LogP contribution < -0.4 is 4.18 Å². The van der Waals surface area contributed by atoms with Crippen LogP contribution in [-0.4, -0.2) is 45.2 Å². The summed E-state index contributed by atoms with van der Waals surface area (Å²) in [5.74, 6) is 0.179. The second-order valence-electron chi connectivity index (χ2n) is 5.14. The topological polar surface area (TPSA) is 72.9 Å². The van der Waals surface area contributed by atoms with Crippen molar-refractivity contribution in [2.24, 2.45) is 0 Å². The van der Waals surface area contributed by atoms with Crippen molar-refractivity contribution >= 4 is 16.0 Å². The Morgan fingerprint density at radius 3 is 2.32 bits per heavy atom. The van der Waals surface area contributed by atoms with E-state index in [0.29, 0.717) is 6.54 Å². The number of ether oxygens (including phenoxy) is 1. The quantitative estimate of drug-likeness (QED) is 0.680. The van der Waals surface area contributed by atoms with Crippen LogP contribution in [0.3, 0.4) is 0 Å². The van der Waals surface area contributed by atoms with Crippen LogP contribution in [0.1, 0.15) is 25.8 Å². The van der Waals surface area contributed by atoms with Crippen molar-refractivity contribution in [3.63, 3.8) is 0 Å². The highest BCUT2D eigenvalue weighted by Crippen LogP contribution is 2.17. The highest BCUT2D eigenvalue weighted by atomic mass is 32.2. The number of rotatable bonds is 8. The molecule has 0 saturated carbocycles. The van der Waals surface area contributed by atoms with E-state index in [-0.39, 0.29) is 24.3 Å². The van der Waals surface area contributed by atoms with Gasteiger partial charge in [0.05, 0.1) is 6.26 Å². The molecule has 0 N–H and O–H groups in total. The first kappa shape index (κ1) is 18.4. The Morgan fingerprint density at radius 2 is 1.86 bits per heavy atom. The van der Waals surface area contributed by atoms with Gasteiger partial charge in [0.25, 0.3) is 0 Å². The number of benzene rings is 1. The fourth-order valence-electron chi connectivity index (χ4n) is 1.94. The van der Waals surface area contributed by atoms with Crippen LogP contribution in [0, 0.1) is 0 Å². The molecule has 1 aromatic rings. The van der Waals surface area contributed by atoms with Crippen molar-refractivity contribution in [1.29, 1.82) is 0 Å². The van der Waals surface area contributed by atoms with Crippen molar-refractivity contribution in [1.82, 2.24) is 4.90 Å². The average Bonchev–Trinajstić information content (AvgIpc) is 2.44. The van der Waals surface area contributed by atoms with Crippen molar-refractivity contribution in [3.05, 3.63) is 29.8 Å². The predicted octanol–water partition coefficient (Wildman–Crippen LogP) is 1.80. The smallest absolute Gasteiger partial charge is 0.306 e. The molecule has 1 rings (SSSR count). The van der Waals surface area contributed by atoms with Gasteiger partial charge in [0.15, 0.2) is 0 Å². The van der Waals surface area contributed by atoms with Gasteiger partial charge in [-0.05, 0) is 31.0 Å². The third kappa shape index (κ3) is 6.03. The standard InChI is InChI=1S/C15H23NO5S/c1-5-12(2)16(15(17)11-20-3)10-13-6-8-14(9-7-13)21-22(4,18)19/h6-9,12H,5,10-11H2,1-4H3/t12-/m0/s1. The number of carbonyl (C=O) groups is 1. The van der Waals surface area contributed by atoms with Gasteiger partial charge in [0.2, 0.25) is 5.91 Å². The van der Waals surface area contributed by atoms with Crippen LogP contribution in [-0.2, 0) is 26.2 Å². The first-order valence-electron chi connectivity index (χ1n) is 7.03. The maximum Gasteiger partial charge on any atom is 0.306 e. The maximum atomic E-state index is 12.1. The molecule has 22 heavy (non-hydrogen) atoms. The molecule has 1 atom stereocenters. The predicted molar refractivity (Wildman–Crippen MR) is 84.1 cm³/mol. The second kappa shape index (κ2) is 8.14. The summed E-state index contributed by atoms with van der Waals surface area (Å²) in [5.41, 5.74) is 0.894. The molecule has 0 saturated heterocycles. The summed E-state index contributed by atoms with van der Waals surface area (Å²) >= 11 is 0. The number of carbonyl (C=O) groups excluding carboxylic acids is 1. The van der Waals surface area contributed by atoms with Gasteiger partial charge >= 0.3 is 10.1 Å². The maximum absolute atomic E-state index is 12.1. The number of nitrogens with zero attached hydrogens (tertiary/aromatic N) is 1. The molecule has 1 amide bonds. The Bertz CT molecular complexity index is 582. The summed E-state index contributed by atoms with van der Waals surface area (Å²) in [6.07, 6.45) is 1.83. The Balaban J connectivity index is 2.83. The van der Waals surface area contributed by atoms with E-state index in [0.717, 1.165) is 18.2 Å². The molecular formula is C15H23NO5S. The van der Waals surface area contributed by atoms with Crippen LogP contribution in [0.25, 0.3) is 0 Å². The highest BCUT2D eigenvalue weighted by Gasteiger charge is 2.19. The van der Waals surface area contributed by atoms with Gasteiger partial charge in [-0.2, -0.15) is 8.42 Å². The number of methoxy groups -OCH3 is 1. The summed E-state index contributed by atoms with van der Waals surface area (Å²) < 4.78 is 31.8. The Labute approximate surface area is 132 Å². The van der Waals surface area contributed by atoms with E-state index in [1.165, 1.54) is 7.11 Å². The van der Waals surface area contributed by atoms with E-state index in [4.69, 9.17) is 8.92 Å². The lowest BCUT2D eigenvalue weighted by Gasteiger charge is -2.28. The fourth-order valence-corrected chi connectivity index (χ4v) is 2.40. The monoisotopic (exact) mass is 329 g/mol. The Morgan fingerprint density at radius 1 is 1.27 bits per heavy atom. The van der Waals surface area contributed by atoms with Crippen molar-refractivity contribution in [3.8, 4) is 5.75 Å². The van der Waals surface area contributed by atoms with Gasteiger partial charge < -0.3 is 13.8 Å². The van der Waals surface area contributed by atoms with Gasteiger partial charge in [-0.25, -0.2) is 0 Å². The SMILES string of the molecule is CC[C@H](C)N(Cc1ccc(OS(C)(=O)=O)cc1)C(=O)COC. The molecule has 0 radical (unpaired) electrons. The minimum atomic E-state index is -3.53. The number of hydrogen-bond donors (Lipinski definition) is 0. The highest BCUT2D eigenvalue weighted by molar-refractivity contribution is 7.86. The van der Waals surface area contributed by atoms with Crippen LogP contribution >= 0.6 is 0 Å².